The molecule has 4 heteroatoms. The molecule has 3 unspecified atom stereocenters. The maximum Gasteiger partial charge on any atom is 0.101 e. The quantitative estimate of drug-likeness (QED) is 0.771. The Morgan fingerprint density at radius 2 is 2.07 bits per heavy atom. The Morgan fingerprint density at radius 1 is 1.40 bits per heavy atom. The van der Waals surface area contributed by atoms with Gasteiger partial charge in [-0.05, 0) is 19.9 Å². The highest BCUT2D eigenvalue weighted by Crippen LogP contribution is 2.28. The summed E-state index contributed by atoms with van der Waals surface area (Å²) in [6.45, 7) is 5.70. The Bertz CT molecular complexity index is 315. The van der Waals surface area contributed by atoms with Crippen LogP contribution in [0.3, 0.4) is 0 Å². The van der Waals surface area contributed by atoms with Crippen LogP contribution < -0.4 is 5.73 Å². The number of thioether (sulfide) groups is 1. The molecule has 3 atom stereocenters. The molecule has 0 bridgehead atoms. The molecule has 0 aliphatic carbocycles. The first-order valence-corrected chi connectivity index (χ1v) is 5.95. The SMILES string of the molecule is CC(N)c1cccnc1SC(C)C(C)O. The van der Waals surface area contributed by atoms with Gasteiger partial charge in [-0.1, -0.05) is 13.0 Å². The van der Waals surface area contributed by atoms with Gasteiger partial charge in [0.05, 0.1) is 6.10 Å². The average molecular weight is 226 g/mol. The van der Waals surface area contributed by atoms with E-state index in [0.717, 1.165) is 10.6 Å². The van der Waals surface area contributed by atoms with E-state index in [9.17, 15) is 5.11 Å². The van der Waals surface area contributed by atoms with Crippen LogP contribution in [0.25, 0.3) is 0 Å². The number of nitrogens with two attached hydrogens (primary N) is 1. The van der Waals surface area contributed by atoms with E-state index in [1.54, 1.807) is 24.9 Å². The molecular formula is C11H18N2OS. The first kappa shape index (κ1) is 12.5. The molecule has 0 aromatic carbocycles. The summed E-state index contributed by atoms with van der Waals surface area (Å²) in [7, 11) is 0. The zero-order valence-electron chi connectivity index (χ0n) is 9.34. The van der Waals surface area contributed by atoms with Crippen molar-refractivity contribution in [3.8, 4) is 0 Å². The number of hydrogen-bond acceptors (Lipinski definition) is 4. The molecule has 0 saturated carbocycles. The normalized spacial score (nSPS) is 17.1. The van der Waals surface area contributed by atoms with Gasteiger partial charge in [0, 0.05) is 23.1 Å². The summed E-state index contributed by atoms with van der Waals surface area (Å²) in [5, 5.41) is 10.5. The Morgan fingerprint density at radius 3 is 2.60 bits per heavy atom. The molecule has 1 aromatic heterocycles. The van der Waals surface area contributed by atoms with Crippen LogP contribution in [-0.2, 0) is 0 Å². The third-order valence-electron chi connectivity index (χ3n) is 2.27. The van der Waals surface area contributed by atoms with Crippen molar-refractivity contribution in [1.82, 2.24) is 4.98 Å². The number of rotatable bonds is 4. The van der Waals surface area contributed by atoms with E-state index in [4.69, 9.17) is 5.73 Å². The molecule has 1 heterocycles. The molecule has 0 fully saturated rings. The average Bonchev–Trinajstić information content (AvgIpc) is 2.18. The monoisotopic (exact) mass is 226 g/mol. The lowest BCUT2D eigenvalue weighted by Gasteiger charge is -2.16. The molecule has 0 spiro atoms. The van der Waals surface area contributed by atoms with Gasteiger partial charge in [-0.15, -0.1) is 11.8 Å². The van der Waals surface area contributed by atoms with E-state index in [1.165, 1.54) is 0 Å². The fourth-order valence-corrected chi connectivity index (χ4v) is 2.18. The van der Waals surface area contributed by atoms with Crippen LogP contribution in [0.4, 0.5) is 0 Å². The number of aromatic nitrogens is 1. The molecule has 0 aliphatic rings. The molecule has 0 aliphatic heterocycles. The number of hydrogen-bond donors (Lipinski definition) is 2. The highest BCUT2D eigenvalue weighted by Gasteiger charge is 2.15. The number of aliphatic hydroxyl groups excluding tert-OH is 1. The lowest BCUT2D eigenvalue weighted by Crippen LogP contribution is -2.16. The minimum atomic E-state index is -0.349. The second-order valence-corrected chi connectivity index (χ2v) is 5.12. The fourth-order valence-electron chi connectivity index (χ4n) is 1.12. The third kappa shape index (κ3) is 3.48. The Labute approximate surface area is 95.1 Å². The number of pyridine rings is 1. The molecular weight excluding hydrogens is 208 g/mol. The fraction of sp³-hybridized carbons (Fsp3) is 0.545. The van der Waals surface area contributed by atoms with Crippen molar-refractivity contribution in [2.75, 3.05) is 0 Å². The van der Waals surface area contributed by atoms with Gasteiger partial charge in [0.1, 0.15) is 5.03 Å². The number of aliphatic hydroxyl groups is 1. The Kier molecular flexibility index (Phi) is 4.57. The van der Waals surface area contributed by atoms with Crippen LogP contribution in [0, 0.1) is 0 Å². The van der Waals surface area contributed by atoms with E-state index < -0.39 is 0 Å². The van der Waals surface area contributed by atoms with Gasteiger partial charge in [0.2, 0.25) is 0 Å². The smallest absolute Gasteiger partial charge is 0.101 e. The highest BCUT2D eigenvalue weighted by molar-refractivity contribution is 7.99. The van der Waals surface area contributed by atoms with E-state index in [1.807, 2.05) is 26.0 Å². The largest absolute Gasteiger partial charge is 0.392 e. The van der Waals surface area contributed by atoms with Crippen molar-refractivity contribution in [1.29, 1.82) is 0 Å². The van der Waals surface area contributed by atoms with E-state index in [-0.39, 0.29) is 17.4 Å². The zero-order valence-corrected chi connectivity index (χ0v) is 10.2. The Balaban J connectivity index is 2.84. The molecule has 84 valence electrons. The van der Waals surface area contributed by atoms with Gasteiger partial charge in [-0.25, -0.2) is 4.98 Å². The summed E-state index contributed by atoms with van der Waals surface area (Å²) in [6, 6.07) is 3.84. The molecule has 1 aromatic rings. The lowest BCUT2D eigenvalue weighted by molar-refractivity contribution is 0.196. The molecule has 1 rings (SSSR count). The minimum absolute atomic E-state index is 0.0256. The Hall–Kier alpha value is -0.580. The predicted molar refractivity (Wildman–Crippen MR) is 63.8 cm³/mol. The molecule has 0 saturated heterocycles. The van der Waals surface area contributed by atoms with Crippen LogP contribution in [0.1, 0.15) is 32.4 Å². The van der Waals surface area contributed by atoms with Gasteiger partial charge in [-0.3, -0.25) is 0 Å². The molecule has 0 amide bonds. The van der Waals surface area contributed by atoms with Gasteiger partial charge in [0.15, 0.2) is 0 Å². The summed E-state index contributed by atoms with van der Waals surface area (Å²) in [5.41, 5.74) is 6.89. The van der Waals surface area contributed by atoms with Crippen molar-refractivity contribution in [3.05, 3.63) is 23.9 Å². The molecule has 3 nitrogen and oxygen atoms in total. The molecule has 0 radical (unpaired) electrons. The molecule has 3 N–H and O–H groups in total. The van der Waals surface area contributed by atoms with Gasteiger partial charge < -0.3 is 10.8 Å². The van der Waals surface area contributed by atoms with Crippen molar-refractivity contribution < 1.29 is 5.11 Å². The second-order valence-electron chi connectivity index (χ2n) is 3.75. The maximum atomic E-state index is 9.43. The van der Waals surface area contributed by atoms with E-state index in [0.29, 0.717) is 0 Å². The minimum Gasteiger partial charge on any atom is -0.392 e. The van der Waals surface area contributed by atoms with E-state index >= 15 is 0 Å². The van der Waals surface area contributed by atoms with Gasteiger partial charge >= 0.3 is 0 Å². The predicted octanol–water partition coefficient (Wildman–Crippen LogP) is 1.96. The lowest BCUT2D eigenvalue weighted by atomic mass is 10.2. The summed E-state index contributed by atoms with van der Waals surface area (Å²) in [5.74, 6) is 0. The maximum absolute atomic E-state index is 9.43. The summed E-state index contributed by atoms with van der Waals surface area (Å²) < 4.78 is 0. The zero-order chi connectivity index (χ0) is 11.4. The van der Waals surface area contributed by atoms with Gasteiger partial charge in [0.25, 0.3) is 0 Å². The summed E-state index contributed by atoms with van der Waals surface area (Å²) in [6.07, 6.45) is 1.40. The first-order chi connectivity index (χ1) is 7.02. The van der Waals surface area contributed by atoms with Crippen molar-refractivity contribution in [3.63, 3.8) is 0 Å². The van der Waals surface area contributed by atoms with Crippen LogP contribution in [0.15, 0.2) is 23.4 Å². The van der Waals surface area contributed by atoms with Crippen molar-refractivity contribution >= 4 is 11.8 Å². The van der Waals surface area contributed by atoms with Crippen LogP contribution in [0.5, 0.6) is 0 Å². The van der Waals surface area contributed by atoms with Crippen LogP contribution in [0.2, 0.25) is 0 Å². The topological polar surface area (TPSA) is 59.1 Å². The van der Waals surface area contributed by atoms with Gasteiger partial charge in [-0.2, -0.15) is 0 Å². The van der Waals surface area contributed by atoms with Crippen LogP contribution in [-0.4, -0.2) is 21.4 Å². The summed E-state index contributed by atoms with van der Waals surface area (Å²) >= 11 is 1.57. The third-order valence-corrected chi connectivity index (χ3v) is 3.60. The standard InChI is InChI=1S/C11H18N2OS/c1-7(12)10-5-4-6-13-11(10)15-9(3)8(2)14/h4-9,14H,12H2,1-3H3. The van der Waals surface area contributed by atoms with E-state index in [2.05, 4.69) is 4.98 Å². The first-order valence-electron chi connectivity index (χ1n) is 5.07. The molecule has 15 heavy (non-hydrogen) atoms. The second kappa shape index (κ2) is 5.49. The van der Waals surface area contributed by atoms with Crippen molar-refractivity contribution in [2.24, 2.45) is 5.73 Å². The highest BCUT2D eigenvalue weighted by atomic mass is 32.2. The van der Waals surface area contributed by atoms with Crippen molar-refractivity contribution in [2.45, 2.75) is 43.2 Å². The van der Waals surface area contributed by atoms with Crippen LogP contribution >= 0.6 is 11.8 Å². The number of nitrogens with zero attached hydrogens (tertiary/aromatic N) is 1. The summed E-state index contributed by atoms with van der Waals surface area (Å²) in [4.78, 5) is 4.29.